The molecule has 0 saturated carbocycles. The number of carboxylic acids is 1. The first kappa shape index (κ1) is 22.5. The summed E-state index contributed by atoms with van der Waals surface area (Å²) >= 11 is 1.29. The number of aliphatic carboxylic acids is 1. The fourth-order valence-electron chi connectivity index (χ4n) is 3.55. The van der Waals surface area contributed by atoms with Crippen molar-refractivity contribution >= 4 is 33.4 Å². The highest BCUT2D eigenvalue weighted by atomic mass is 32.1. The number of benzene rings is 3. The van der Waals surface area contributed by atoms with E-state index in [1.165, 1.54) is 11.3 Å². The molecule has 1 N–H and O–H groups in total. The van der Waals surface area contributed by atoms with E-state index in [9.17, 15) is 14.7 Å². The van der Waals surface area contributed by atoms with Crippen LogP contribution >= 0.6 is 11.3 Å². The number of ether oxygens (including phenoxy) is 1. The highest BCUT2D eigenvalue weighted by molar-refractivity contribution is 7.16. The van der Waals surface area contributed by atoms with E-state index in [4.69, 9.17) is 4.74 Å². The lowest BCUT2D eigenvalue weighted by Crippen LogP contribution is -2.27. The number of carboxylic acid groups (broad SMARTS) is 1. The fraction of sp³-hybridized carbons (Fsp3) is 0.192. The largest absolute Gasteiger partial charge is 0.489 e. The van der Waals surface area contributed by atoms with Crippen molar-refractivity contribution in [3.05, 3.63) is 94.3 Å². The highest BCUT2D eigenvalue weighted by Crippen LogP contribution is 2.27. The van der Waals surface area contributed by atoms with Crippen molar-refractivity contribution in [1.29, 1.82) is 0 Å². The van der Waals surface area contributed by atoms with Crippen LogP contribution in [0, 0.1) is 6.92 Å². The van der Waals surface area contributed by atoms with E-state index >= 15 is 0 Å². The second-order valence-corrected chi connectivity index (χ2v) is 8.71. The van der Waals surface area contributed by atoms with Gasteiger partial charge in [-0.3, -0.25) is 4.79 Å². The molecule has 0 radical (unpaired) electrons. The number of hydrogen-bond acceptors (Lipinski definition) is 4. The maximum atomic E-state index is 12.8. The lowest BCUT2D eigenvalue weighted by atomic mass is 10.1. The van der Waals surface area contributed by atoms with Gasteiger partial charge in [-0.15, -0.1) is 0 Å². The van der Waals surface area contributed by atoms with E-state index in [2.05, 4.69) is 4.99 Å². The summed E-state index contributed by atoms with van der Waals surface area (Å²) in [6, 6.07) is 21.6. The van der Waals surface area contributed by atoms with E-state index in [0.29, 0.717) is 34.7 Å². The Balaban J connectivity index is 1.78. The van der Waals surface area contributed by atoms with Crippen LogP contribution in [0.15, 0.2) is 77.8 Å². The normalized spacial score (nSPS) is 12.6. The number of hydrogen-bond donors (Lipinski definition) is 1. The molecule has 6 nitrogen and oxygen atoms in total. The zero-order chi connectivity index (χ0) is 23.4. The maximum Gasteiger partial charge on any atom is 0.326 e. The van der Waals surface area contributed by atoms with E-state index in [-0.39, 0.29) is 0 Å². The highest BCUT2D eigenvalue weighted by Gasteiger charge is 2.22. The Hall–Kier alpha value is -3.71. The Labute approximate surface area is 195 Å². The molecular formula is C26H24N2O4S. The number of fused-ring (bicyclic) bond motifs is 1. The molecule has 1 atom stereocenters. The summed E-state index contributed by atoms with van der Waals surface area (Å²) in [5.41, 5.74) is 3.21. The van der Waals surface area contributed by atoms with E-state index in [1.54, 1.807) is 23.6 Å². The van der Waals surface area contributed by atoms with Gasteiger partial charge in [0.25, 0.3) is 5.91 Å². The lowest BCUT2D eigenvalue weighted by Gasteiger charge is -2.14. The third-order valence-corrected chi connectivity index (χ3v) is 6.36. The topological polar surface area (TPSA) is 80.9 Å². The third-order valence-electron chi connectivity index (χ3n) is 5.32. The van der Waals surface area contributed by atoms with Crippen LogP contribution in [0.5, 0.6) is 5.75 Å². The summed E-state index contributed by atoms with van der Waals surface area (Å²) in [6.45, 7) is 4.15. The van der Waals surface area contributed by atoms with Crippen LogP contribution in [0.25, 0.3) is 10.2 Å². The zero-order valence-electron chi connectivity index (χ0n) is 18.4. The summed E-state index contributed by atoms with van der Waals surface area (Å²) in [5, 5.41) is 9.86. The fourth-order valence-corrected chi connectivity index (χ4v) is 4.59. The number of carbonyl (C=O) groups excluding carboxylic acids is 1. The molecule has 3 aromatic carbocycles. The number of amides is 1. The Kier molecular flexibility index (Phi) is 6.70. The van der Waals surface area contributed by atoms with Crippen LogP contribution in [0.4, 0.5) is 0 Å². The van der Waals surface area contributed by atoms with Crippen LogP contribution < -0.4 is 9.54 Å². The Morgan fingerprint density at radius 2 is 1.79 bits per heavy atom. The van der Waals surface area contributed by atoms with Gasteiger partial charge in [-0.05, 0) is 43.2 Å². The first-order chi connectivity index (χ1) is 16.0. The minimum absolute atomic E-state index is 0.349. The molecule has 0 aliphatic carbocycles. The summed E-state index contributed by atoms with van der Waals surface area (Å²) in [6.07, 6.45) is 0.349. The van der Waals surface area contributed by atoms with Crippen LogP contribution in [-0.2, 0) is 11.4 Å². The summed E-state index contributed by atoms with van der Waals surface area (Å²) in [7, 11) is 0. The van der Waals surface area contributed by atoms with Gasteiger partial charge in [0.1, 0.15) is 18.4 Å². The molecule has 0 spiro atoms. The monoisotopic (exact) mass is 460 g/mol. The second kappa shape index (κ2) is 9.83. The van der Waals surface area contributed by atoms with Crippen molar-refractivity contribution in [2.75, 3.05) is 0 Å². The zero-order valence-corrected chi connectivity index (χ0v) is 19.2. The molecule has 1 unspecified atom stereocenters. The molecule has 1 heterocycles. The summed E-state index contributed by atoms with van der Waals surface area (Å²) in [4.78, 5) is 29.5. The first-order valence-electron chi connectivity index (χ1n) is 10.7. The molecule has 4 aromatic rings. The van der Waals surface area contributed by atoms with Gasteiger partial charge >= 0.3 is 5.97 Å². The molecule has 7 heteroatoms. The van der Waals surface area contributed by atoms with Crippen LogP contribution in [0.1, 0.15) is 40.9 Å². The minimum Gasteiger partial charge on any atom is -0.489 e. The molecule has 0 fully saturated rings. The van der Waals surface area contributed by atoms with Gasteiger partial charge in [0.15, 0.2) is 4.80 Å². The third kappa shape index (κ3) is 5.04. The average Bonchev–Trinajstić information content (AvgIpc) is 3.16. The number of rotatable bonds is 7. The van der Waals surface area contributed by atoms with Gasteiger partial charge < -0.3 is 14.4 Å². The maximum absolute atomic E-state index is 12.8. The number of carbonyl (C=O) groups is 2. The van der Waals surface area contributed by atoms with Crippen molar-refractivity contribution in [3.8, 4) is 5.75 Å². The van der Waals surface area contributed by atoms with E-state index < -0.39 is 17.9 Å². The molecule has 0 aliphatic heterocycles. The van der Waals surface area contributed by atoms with Crippen molar-refractivity contribution in [3.63, 3.8) is 0 Å². The number of nitrogens with zero attached hydrogens (tertiary/aromatic N) is 2. The molecule has 1 aromatic heterocycles. The molecular weight excluding hydrogens is 436 g/mol. The quantitative estimate of drug-likeness (QED) is 0.402. The molecule has 1 amide bonds. The van der Waals surface area contributed by atoms with Crippen molar-refractivity contribution in [2.45, 2.75) is 32.9 Å². The van der Waals surface area contributed by atoms with Gasteiger partial charge in [-0.25, -0.2) is 4.79 Å². The smallest absolute Gasteiger partial charge is 0.326 e. The number of aromatic nitrogens is 1. The molecule has 0 aliphatic rings. The Morgan fingerprint density at radius 3 is 2.45 bits per heavy atom. The molecule has 4 rings (SSSR count). The summed E-state index contributed by atoms with van der Waals surface area (Å²) < 4.78 is 8.41. The second-order valence-electron chi connectivity index (χ2n) is 7.70. The average molecular weight is 461 g/mol. The van der Waals surface area contributed by atoms with Gasteiger partial charge in [0.05, 0.1) is 10.2 Å². The summed E-state index contributed by atoms with van der Waals surface area (Å²) in [5.74, 6) is -0.761. The minimum atomic E-state index is -0.975. The predicted octanol–water partition coefficient (Wildman–Crippen LogP) is 5.37. The first-order valence-corrected chi connectivity index (χ1v) is 11.5. The number of aryl methyl sites for hydroxylation is 1. The van der Waals surface area contributed by atoms with Crippen LogP contribution in [0.3, 0.4) is 0 Å². The van der Waals surface area contributed by atoms with Crippen LogP contribution in [0.2, 0.25) is 0 Å². The van der Waals surface area contributed by atoms with Crippen molar-refractivity contribution in [1.82, 2.24) is 4.57 Å². The van der Waals surface area contributed by atoms with Gasteiger partial charge in [-0.1, -0.05) is 66.3 Å². The molecule has 168 valence electrons. The number of thiazole rings is 1. The lowest BCUT2D eigenvalue weighted by molar-refractivity contribution is -0.140. The van der Waals surface area contributed by atoms with Gasteiger partial charge in [0, 0.05) is 11.6 Å². The molecule has 33 heavy (non-hydrogen) atoms. The SMILES string of the molecule is CCC(C(=O)O)n1/c(=N/C(=O)c2ccc(C)cc2)sc2ccc(OCc3ccccc3)cc21. The predicted molar refractivity (Wildman–Crippen MR) is 129 cm³/mol. The molecule has 0 bridgehead atoms. The van der Waals surface area contributed by atoms with E-state index in [0.717, 1.165) is 15.8 Å². The van der Waals surface area contributed by atoms with Crippen LogP contribution in [-0.4, -0.2) is 21.6 Å². The Bertz CT molecular complexity index is 1350. The Morgan fingerprint density at radius 1 is 1.06 bits per heavy atom. The molecule has 0 saturated heterocycles. The van der Waals surface area contributed by atoms with Crippen molar-refractivity contribution in [2.24, 2.45) is 4.99 Å². The van der Waals surface area contributed by atoms with E-state index in [1.807, 2.05) is 67.6 Å². The van der Waals surface area contributed by atoms with Gasteiger partial charge in [-0.2, -0.15) is 4.99 Å². The standard InChI is InChI=1S/C26H24N2O4S/c1-3-21(25(30)31)28-22-15-20(32-16-18-7-5-4-6-8-18)13-14-23(22)33-26(28)27-24(29)19-11-9-17(2)10-12-19/h4-15,21H,3,16H2,1-2H3,(H,30,31)/b27-26-. The van der Waals surface area contributed by atoms with Gasteiger partial charge in [0.2, 0.25) is 0 Å². The van der Waals surface area contributed by atoms with Crippen molar-refractivity contribution < 1.29 is 19.4 Å².